The smallest absolute Gasteiger partial charge is 0.192 e. The van der Waals surface area contributed by atoms with Gasteiger partial charge >= 0.3 is 0 Å². The van der Waals surface area contributed by atoms with Crippen molar-refractivity contribution in [3.63, 3.8) is 0 Å². The Morgan fingerprint density at radius 1 is 1.14 bits per heavy atom. The maximum absolute atomic E-state index is 14.7. The molecule has 1 aliphatic heterocycles. The summed E-state index contributed by atoms with van der Waals surface area (Å²) in [5, 5.41) is 13.3. The SMILES string of the molecule is COc1ccc(C(=O)C2=C[C@@](CCO)(C(=O)C3CCCNC3)C=C[C@@]2(OC)c2cccc(F)c2C)cc1. The molecule has 0 bridgehead atoms. The fourth-order valence-electron chi connectivity index (χ4n) is 5.51. The average molecular weight is 508 g/mol. The van der Waals surface area contributed by atoms with Crippen LogP contribution in [0.2, 0.25) is 0 Å². The zero-order chi connectivity index (χ0) is 26.6. The average Bonchev–Trinajstić information content (AvgIpc) is 2.94. The van der Waals surface area contributed by atoms with Gasteiger partial charge in [0.05, 0.1) is 12.5 Å². The first kappa shape index (κ1) is 26.9. The van der Waals surface area contributed by atoms with Crippen molar-refractivity contribution in [1.29, 1.82) is 0 Å². The third-order valence-corrected chi connectivity index (χ3v) is 7.66. The van der Waals surface area contributed by atoms with Gasteiger partial charge in [-0.2, -0.15) is 0 Å². The van der Waals surface area contributed by atoms with E-state index in [1.54, 1.807) is 68.7 Å². The number of allylic oxidation sites excluding steroid dienone is 2. The van der Waals surface area contributed by atoms with Gasteiger partial charge in [0.1, 0.15) is 17.2 Å². The van der Waals surface area contributed by atoms with Crippen LogP contribution in [0, 0.1) is 24.1 Å². The molecule has 37 heavy (non-hydrogen) atoms. The van der Waals surface area contributed by atoms with E-state index in [0.717, 1.165) is 19.4 Å². The molecular weight excluding hydrogens is 473 g/mol. The number of ether oxygens (including phenoxy) is 2. The Morgan fingerprint density at radius 2 is 1.89 bits per heavy atom. The molecule has 0 amide bonds. The molecule has 1 heterocycles. The summed E-state index contributed by atoms with van der Waals surface area (Å²) in [4.78, 5) is 28.1. The van der Waals surface area contributed by atoms with Crippen molar-refractivity contribution >= 4 is 11.6 Å². The first-order valence-corrected chi connectivity index (χ1v) is 12.6. The molecule has 0 spiro atoms. The topological polar surface area (TPSA) is 84.9 Å². The summed E-state index contributed by atoms with van der Waals surface area (Å²) in [5.74, 6) is -0.470. The highest BCUT2D eigenvalue weighted by molar-refractivity contribution is 6.11. The summed E-state index contributed by atoms with van der Waals surface area (Å²) in [5.41, 5.74) is -1.21. The van der Waals surface area contributed by atoms with E-state index < -0.39 is 16.8 Å². The molecule has 4 rings (SSSR count). The van der Waals surface area contributed by atoms with Crippen molar-refractivity contribution in [2.24, 2.45) is 11.3 Å². The van der Waals surface area contributed by atoms with Crippen molar-refractivity contribution < 1.29 is 28.6 Å². The minimum atomic E-state index is -1.42. The van der Waals surface area contributed by atoms with Gasteiger partial charge < -0.3 is 19.9 Å². The first-order valence-electron chi connectivity index (χ1n) is 12.6. The number of piperidine rings is 1. The van der Waals surface area contributed by atoms with E-state index in [1.807, 2.05) is 0 Å². The minimum Gasteiger partial charge on any atom is -0.497 e. The monoisotopic (exact) mass is 507 g/mol. The number of hydrogen-bond acceptors (Lipinski definition) is 6. The van der Waals surface area contributed by atoms with Crippen molar-refractivity contribution in [1.82, 2.24) is 5.32 Å². The van der Waals surface area contributed by atoms with Gasteiger partial charge in [-0.25, -0.2) is 4.39 Å². The van der Waals surface area contributed by atoms with Crippen LogP contribution in [-0.4, -0.2) is 50.6 Å². The van der Waals surface area contributed by atoms with Gasteiger partial charge in [-0.05, 0) is 80.3 Å². The standard InChI is InChI=1S/C30H34FNO5/c1-20-24(7-4-8-26(20)31)30(37-3)14-13-29(15-17-33,28(35)22-6-5-16-32-19-22)18-25(30)27(34)21-9-11-23(36-2)12-10-21/h4,7-14,18,22,32-33H,5-6,15-17,19H2,1-3H3/t22?,29-,30-/m1/s1. The number of aliphatic hydroxyl groups excluding tert-OH is 1. The van der Waals surface area contributed by atoms with Crippen LogP contribution in [0.15, 0.2) is 66.3 Å². The highest BCUT2D eigenvalue weighted by Gasteiger charge is 2.48. The van der Waals surface area contributed by atoms with E-state index in [9.17, 15) is 19.1 Å². The van der Waals surface area contributed by atoms with Crippen LogP contribution < -0.4 is 10.1 Å². The number of Topliss-reactive ketones (excluding diaryl/α,β-unsaturated/α-hetero) is 2. The summed E-state index contributed by atoms with van der Waals surface area (Å²) < 4.78 is 26.0. The van der Waals surface area contributed by atoms with Gasteiger partial charge in [0.25, 0.3) is 0 Å². The number of nitrogens with one attached hydrogen (secondary N) is 1. The Morgan fingerprint density at radius 3 is 2.51 bits per heavy atom. The lowest BCUT2D eigenvalue weighted by molar-refractivity contribution is -0.129. The van der Waals surface area contributed by atoms with Crippen LogP contribution in [0.25, 0.3) is 0 Å². The zero-order valence-corrected chi connectivity index (χ0v) is 21.6. The lowest BCUT2D eigenvalue weighted by atomic mass is 9.65. The zero-order valence-electron chi connectivity index (χ0n) is 21.6. The van der Waals surface area contributed by atoms with E-state index in [-0.39, 0.29) is 36.1 Å². The molecule has 2 N–H and O–H groups in total. The van der Waals surface area contributed by atoms with Gasteiger partial charge in [-0.15, -0.1) is 0 Å². The fourth-order valence-corrected chi connectivity index (χ4v) is 5.51. The van der Waals surface area contributed by atoms with Crippen LogP contribution in [-0.2, 0) is 15.1 Å². The van der Waals surface area contributed by atoms with E-state index in [4.69, 9.17) is 9.47 Å². The third-order valence-electron chi connectivity index (χ3n) is 7.66. The molecule has 2 aromatic carbocycles. The van der Waals surface area contributed by atoms with Gasteiger partial charge in [0.2, 0.25) is 0 Å². The number of methoxy groups -OCH3 is 2. The van der Waals surface area contributed by atoms with Crippen LogP contribution in [0.3, 0.4) is 0 Å². The Bertz CT molecular complexity index is 1210. The maximum atomic E-state index is 14.7. The molecule has 0 aromatic heterocycles. The second-order valence-corrected chi connectivity index (χ2v) is 9.72. The maximum Gasteiger partial charge on any atom is 0.192 e. The van der Waals surface area contributed by atoms with Crippen molar-refractivity contribution in [3.05, 3.63) is 88.8 Å². The van der Waals surface area contributed by atoms with Crippen LogP contribution in [0.4, 0.5) is 4.39 Å². The van der Waals surface area contributed by atoms with Crippen LogP contribution >= 0.6 is 0 Å². The largest absolute Gasteiger partial charge is 0.497 e. The van der Waals surface area contributed by atoms with Crippen molar-refractivity contribution in [3.8, 4) is 5.75 Å². The highest BCUT2D eigenvalue weighted by atomic mass is 19.1. The van der Waals surface area contributed by atoms with Crippen molar-refractivity contribution in [2.75, 3.05) is 33.9 Å². The Kier molecular flexibility index (Phi) is 8.07. The summed E-state index contributed by atoms with van der Waals surface area (Å²) in [6.45, 7) is 2.81. The Balaban J connectivity index is 1.92. The number of hydrogen-bond donors (Lipinski definition) is 2. The van der Waals surface area contributed by atoms with E-state index in [2.05, 4.69) is 5.32 Å². The second kappa shape index (κ2) is 11.1. The van der Waals surface area contributed by atoms with Gasteiger partial charge in [-0.1, -0.05) is 24.3 Å². The molecule has 0 radical (unpaired) electrons. The number of ketones is 2. The normalized spacial score (nSPS) is 25.4. The van der Waals surface area contributed by atoms with Crippen LogP contribution in [0.1, 0.15) is 40.7 Å². The molecule has 2 aliphatic rings. The van der Waals surface area contributed by atoms with E-state index >= 15 is 0 Å². The van der Waals surface area contributed by atoms with E-state index in [1.165, 1.54) is 13.2 Å². The number of aliphatic hydroxyl groups is 1. The number of carbonyl (C=O) groups is 2. The molecule has 0 saturated carbocycles. The number of halogens is 1. The molecule has 196 valence electrons. The molecular formula is C30H34FNO5. The summed E-state index contributed by atoms with van der Waals surface area (Å²) in [6.07, 6.45) is 6.82. The number of rotatable bonds is 9. The summed E-state index contributed by atoms with van der Waals surface area (Å²) >= 11 is 0. The third kappa shape index (κ3) is 4.91. The predicted octanol–water partition coefficient (Wildman–Crippen LogP) is 4.30. The number of carbonyl (C=O) groups excluding carboxylic acids is 2. The molecule has 1 aliphatic carbocycles. The molecule has 6 nitrogen and oxygen atoms in total. The molecule has 7 heteroatoms. The molecule has 1 unspecified atom stereocenters. The Hall–Kier alpha value is -3.13. The second-order valence-electron chi connectivity index (χ2n) is 9.72. The minimum absolute atomic E-state index is 0.0503. The van der Waals surface area contributed by atoms with Crippen molar-refractivity contribution in [2.45, 2.75) is 31.8 Å². The lowest BCUT2D eigenvalue weighted by Crippen LogP contribution is -2.45. The van der Waals surface area contributed by atoms with Gasteiger partial charge in [-0.3, -0.25) is 9.59 Å². The van der Waals surface area contributed by atoms with E-state index in [0.29, 0.717) is 29.0 Å². The lowest BCUT2D eigenvalue weighted by Gasteiger charge is -2.41. The molecule has 1 fully saturated rings. The first-order chi connectivity index (χ1) is 17.8. The summed E-state index contributed by atoms with van der Waals surface area (Å²) in [6, 6.07) is 11.4. The summed E-state index contributed by atoms with van der Waals surface area (Å²) in [7, 11) is 3.01. The number of benzene rings is 2. The highest BCUT2D eigenvalue weighted by Crippen LogP contribution is 2.47. The van der Waals surface area contributed by atoms with Crippen LogP contribution in [0.5, 0.6) is 5.75 Å². The quantitative estimate of drug-likeness (QED) is 0.389. The molecule has 3 atom stereocenters. The predicted molar refractivity (Wildman–Crippen MR) is 139 cm³/mol. The Labute approximate surface area is 217 Å². The molecule has 1 saturated heterocycles. The molecule has 2 aromatic rings. The van der Waals surface area contributed by atoms with Gasteiger partial charge in [0.15, 0.2) is 11.6 Å². The fraction of sp³-hybridized carbons (Fsp3) is 0.400. The van der Waals surface area contributed by atoms with Gasteiger partial charge in [0, 0.05) is 37.3 Å².